The number of carbonyl (C=O) groups is 2. The number of rotatable bonds is 7. The van der Waals surface area contributed by atoms with Crippen LogP contribution in [0.4, 0.5) is 0 Å². The molecule has 1 aliphatic carbocycles. The van der Waals surface area contributed by atoms with Crippen molar-refractivity contribution in [3.05, 3.63) is 59.2 Å². The van der Waals surface area contributed by atoms with Gasteiger partial charge in [-0.15, -0.1) is 0 Å². The van der Waals surface area contributed by atoms with E-state index < -0.39 is 0 Å². The van der Waals surface area contributed by atoms with E-state index >= 15 is 0 Å². The highest BCUT2D eigenvalue weighted by molar-refractivity contribution is 5.73. The standard InChI is InChI=1S/C28H36O4/c1-18(2)14-25(29)31-21-10-8-20(9-11-21)28(7)17-27(5,6)23-13-12-22(16-24(23)28)32-26(30)15-19(3)4/h8-13,16,18-19H,14-15,17H2,1-7H3/t28-/m1/s1. The third kappa shape index (κ3) is 5.23. The van der Waals surface area contributed by atoms with Gasteiger partial charge < -0.3 is 9.47 Å². The highest BCUT2D eigenvalue weighted by Gasteiger charge is 2.46. The van der Waals surface area contributed by atoms with Crippen molar-refractivity contribution in [1.29, 1.82) is 0 Å². The summed E-state index contributed by atoms with van der Waals surface area (Å²) in [7, 11) is 0. The third-order valence-corrected chi connectivity index (χ3v) is 6.21. The fourth-order valence-corrected chi connectivity index (χ4v) is 4.87. The fourth-order valence-electron chi connectivity index (χ4n) is 4.87. The van der Waals surface area contributed by atoms with Crippen LogP contribution in [0.15, 0.2) is 42.5 Å². The minimum atomic E-state index is -0.236. The highest BCUT2D eigenvalue weighted by Crippen LogP contribution is 2.53. The molecule has 0 amide bonds. The van der Waals surface area contributed by atoms with Crippen molar-refractivity contribution in [2.45, 2.75) is 78.6 Å². The molecule has 0 unspecified atom stereocenters. The number of hydrogen-bond donors (Lipinski definition) is 0. The molecule has 0 aliphatic heterocycles. The summed E-state index contributed by atoms with van der Waals surface area (Å²) < 4.78 is 11.1. The summed E-state index contributed by atoms with van der Waals surface area (Å²) in [5.74, 6) is 1.27. The van der Waals surface area contributed by atoms with E-state index in [0.29, 0.717) is 24.3 Å². The van der Waals surface area contributed by atoms with Crippen molar-refractivity contribution in [2.24, 2.45) is 11.8 Å². The first-order valence-electron chi connectivity index (χ1n) is 11.6. The topological polar surface area (TPSA) is 52.6 Å². The summed E-state index contributed by atoms with van der Waals surface area (Å²) >= 11 is 0. The molecule has 3 rings (SSSR count). The van der Waals surface area contributed by atoms with E-state index in [2.05, 4.69) is 26.8 Å². The Morgan fingerprint density at radius 1 is 0.781 bits per heavy atom. The van der Waals surface area contributed by atoms with Crippen LogP contribution in [-0.2, 0) is 20.4 Å². The number of ether oxygens (including phenoxy) is 2. The molecule has 0 saturated heterocycles. The largest absolute Gasteiger partial charge is 0.427 e. The summed E-state index contributed by atoms with van der Waals surface area (Å²) in [4.78, 5) is 24.2. The van der Waals surface area contributed by atoms with Crippen LogP contribution in [0.2, 0.25) is 0 Å². The van der Waals surface area contributed by atoms with Gasteiger partial charge in [-0.1, -0.05) is 66.7 Å². The lowest BCUT2D eigenvalue weighted by molar-refractivity contribution is -0.136. The van der Waals surface area contributed by atoms with Gasteiger partial charge in [0.15, 0.2) is 0 Å². The van der Waals surface area contributed by atoms with Gasteiger partial charge >= 0.3 is 11.9 Å². The van der Waals surface area contributed by atoms with E-state index in [0.717, 1.165) is 12.0 Å². The number of benzene rings is 2. The van der Waals surface area contributed by atoms with Crippen molar-refractivity contribution in [2.75, 3.05) is 0 Å². The van der Waals surface area contributed by atoms with Gasteiger partial charge in [0.05, 0.1) is 0 Å². The molecule has 2 aromatic rings. The van der Waals surface area contributed by atoms with E-state index in [1.165, 1.54) is 11.1 Å². The maximum Gasteiger partial charge on any atom is 0.311 e. The predicted molar refractivity (Wildman–Crippen MR) is 127 cm³/mol. The van der Waals surface area contributed by atoms with Crippen molar-refractivity contribution >= 4 is 11.9 Å². The molecule has 1 atom stereocenters. The predicted octanol–water partition coefficient (Wildman–Crippen LogP) is 6.58. The SMILES string of the molecule is CC(C)CC(=O)Oc1ccc([C@@]2(C)CC(C)(C)c3ccc(OC(=O)CC(C)C)cc32)cc1. The van der Waals surface area contributed by atoms with Crippen LogP contribution in [0.5, 0.6) is 11.5 Å². The third-order valence-electron chi connectivity index (χ3n) is 6.21. The monoisotopic (exact) mass is 436 g/mol. The van der Waals surface area contributed by atoms with E-state index in [1.54, 1.807) is 0 Å². The summed E-state index contributed by atoms with van der Waals surface area (Å²) in [6, 6.07) is 13.9. The van der Waals surface area contributed by atoms with Gasteiger partial charge in [-0.3, -0.25) is 9.59 Å². The smallest absolute Gasteiger partial charge is 0.311 e. The summed E-state index contributed by atoms with van der Waals surface area (Å²) in [6.45, 7) is 14.8. The molecule has 32 heavy (non-hydrogen) atoms. The van der Waals surface area contributed by atoms with E-state index in [-0.39, 0.29) is 34.6 Å². The lowest BCUT2D eigenvalue weighted by Crippen LogP contribution is -2.23. The van der Waals surface area contributed by atoms with E-state index in [9.17, 15) is 9.59 Å². The van der Waals surface area contributed by atoms with Crippen LogP contribution in [0.25, 0.3) is 0 Å². The molecule has 4 nitrogen and oxygen atoms in total. The van der Waals surface area contributed by atoms with Crippen LogP contribution in [0.1, 0.15) is 84.4 Å². The molecule has 0 spiro atoms. The fraction of sp³-hybridized carbons (Fsp3) is 0.500. The van der Waals surface area contributed by atoms with Gasteiger partial charge in [-0.05, 0) is 64.6 Å². The Labute approximate surface area is 192 Å². The highest BCUT2D eigenvalue weighted by atomic mass is 16.5. The quantitative estimate of drug-likeness (QED) is 0.363. The maximum atomic E-state index is 12.2. The van der Waals surface area contributed by atoms with Gasteiger partial charge in [-0.25, -0.2) is 0 Å². The molecular weight excluding hydrogens is 400 g/mol. The van der Waals surface area contributed by atoms with Crippen LogP contribution in [-0.4, -0.2) is 11.9 Å². The number of fused-ring (bicyclic) bond motifs is 1. The van der Waals surface area contributed by atoms with Gasteiger partial charge in [0.2, 0.25) is 0 Å². The van der Waals surface area contributed by atoms with Crippen LogP contribution < -0.4 is 9.47 Å². The molecule has 172 valence electrons. The zero-order valence-electron chi connectivity index (χ0n) is 20.5. The minimum absolute atomic E-state index is 0.00699. The Hall–Kier alpha value is -2.62. The van der Waals surface area contributed by atoms with Crippen molar-refractivity contribution < 1.29 is 19.1 Å². The zero-order valence-corrected chi connectivity index (χ0v) is 20.5. The van der Waals surface area contributed by atoms with Crippen molar-refractivity contribution in [1.82, 2.24) is 0 Å². The Bertz CT molecular complexity index is 985. The van der Waals surface area contributed by atoms with Gasteiger partial charge in [0.25, 0.3) is 0 Å². The van der Waals surface area contributed by atoms with Gasteiger partial charge in [-0.2, -0.15) is 0 Å². The number of hydrogen-bond acceptors (Lipinski definition) is 4. The molecular formula is C28H36O4. The van der Waals surface area contributed by atoms with Crippen molar-refractivity contribution in [3.63, 3.8) is 0 Å². The Kier molecular flexibility index (Phi) is 6.83. The molecule has 2 aromatic carbocycles. The first kappa shape index (κ1) is 24.0. The van der Waals surface area contributed by atoms with Gasteiger partial charge in [0.1, 0.15) is 11.5 Å². The Balaban J connectivity index is 1.89. The molecule has 0 N–H and O–H groups in total. The molecule has 4 heteroatoms. The number of esters is 2. The lowest BCUT2D eigenvalue weighted by atomic mass is 9.75. The van der Waals surface area contributed by atoms with Gasteiger partial charge in [0, 0.05) is 18.3 Å². The average Bonchev–Trinajstić information content (AvgIpc) is 2.87. The first-order valence-corrected chi connectivity index (χ1v) is 11.6. The zero-order chi connectivity index (χ0) is 23.7. The molecule has 0 bridgehead atoms. The summed E-state index contributed by atoms with van der Waals surface area (Å²) in [5, 5.41) is 0. The summed E-state index contributed by atoms with van der Waals surface area (Å²) in [6.07, 6.45) is 1.74. The average molecular weight is 437 g/mol. The second-order valence-electron chi connectivity index (χ2n) is 10.8. The summed E-state index contributed by atoms with van der Waals surface area (Å²) in [5.41, 5.74) is 3.36. The molecule has 0 saturated carbocycles. The Morgan fingerprint density at radius 3 is 1.81 bits per heavy atom. The molecule has 0 fully saturated rings. The van der Waals surface area contributed by atoms with Crippen LogP contribution >= 0.6 is 0 Å². The normalized spacial score (nSPS) is 19.2. The van der Waals surface area contributed by atoms with Crippen molar-refractivity contribution in [3.8, 4) is 11.5 Å². The van der Waals surface area contributed by atoms with E-state index in [4.69, 9.17) is 9.47 Å². The molecule has 0 radical (unpaired) electrons. The second kappa shape index (κ2) is 9.09. The molecule has 1 aliphatic rings. The molecule has 0 aromatic heterocycles. The van der Waals surface area contributed by atoms with E-state index in [1.807, 2.05) is 64.1 Å². The Morgan fingerprint density at radius 2 is 1.28 bits per heavy atom. The molecule has 0 heterocycles. The van der Waals surface area contributed by atoms with Crippen LogP contribution in [0.3, 0.4) is 0 Å². The minimum Gasteiger partial charge on any atom is -0.427 e. The first-order chi connectivity index (χ1) is 14.9. The second-order valence-corrected chi connectivity index (χ2v) is 10.8. The maximum absolute atomic E-state index is 12.2. The van der Waals surface area contributed by atoms with Crippen LogP contribution in [0, 0.1) is 11.8 Å². The lowest BCUT2D eigenvalue weighted by Gasteiger charge is -2.28. The number of carbonyl (C=O) groups excluding carboxylic acids is 2.